The van der Waals surface area contributed by atoms with Crippen molar-refractivity contribution in [1.82, 2.24) is 10.2 Å². The number of rotatable bonds is 7. The van der Waals surface area contributed by atoms with Crippen LogP contribution in [0, 0.1) is 0 Å². The molecule has 1 N–H and O–H groups in total. The Bertz CT molecular complexity index is 433. The summed E-state index contributed by atoms with van der Waals surface area (Å²) < 4.78 is 4.98. The Morgan fingerprint density at radius 3 is 3.20 bits per heavy atom. The fraction of sp³-hybridized carbons (Fsp3) is 0.667. The van der Waals surface area contributed by atoms with E-state index in [0.29, 0.717) is 25.7 Å². The molecule has 0 fully saturated rings. The quantitative estimate of drug-likeness (QED) is 0.784. The van der Waals surface area contributed by atoms with E-state index in [1.807, 2.05) is 11.3 Å². The molecule has 0 saturated heterocycles. The molecule has 1 aliphatic rings. The molecule has 0 bridgehead atoms. The van der Waals surface area contributed by atoms with Crippen LogP contribution < -0.4 is 5.32 Å². The van der Waals surface area contributed by atoms with Crippen molar-refractivity contribution < 1.29 is 9.53 Å². The topological polar surface area (TPSA) is 41.6 Å². The minimum atomic E-state index is 0.123. The van der Waals surface area contributed by atoms with Gasteiger partial charge >= 0.3 is 0 Å². The van der Waals surface area contributed by atoms with Crippen LogP contribution >= 0.6 is 11.3 Å². The van der Waals surface area contributed by atoms with E-state index in [0.717, 1.165) is 25.8 Å². The summed E-state index contributed by atoms with van der Waals surface area (Å²) in [4.78, 5) is 15.8. The maximum atomic E-state index is 12.0. The molecule has 4 nitrogen and oxygen atoms in total. The van der Waals surface area contributed by atoms with Gasteiger partial charge in [0.1, 0.15) is 0 Å². The lowest BCUT2D eigenvalue weighted by Crippen LogP contribution is -2.42. The second-order valence-corrected chi connectivity index (χ2v) is 6.14. The van der Waals surface area contributed by atoms with Gasteiger partial charge < -0.3 is 10.1 Å². The number of hydrogen-bond donors (Lipinski definition) is 1. The van der Waals surface area contributed by atoms with Gasteiger partial charge in [0, 0.05) is 37.7 Å². The normalized spacial score (nSPS) is 18.8. The van der Waals surface area contributed by atoms with Crippen molar-refractivity contribution >= 4 is 17.2 Å². The molecule has 5 heteroatoms. The highest BCUT2D eigenvalue weighted by atomic mass is 32.1. The van der Waals surface area contributed by atoms with E-state index < -0.39 is 0 Å². The number of fused-ring (bicyclic) bond motifs is 1. The zero-order valence-corrected chi connectivity index (χ0v) is 13.2. The second-order valence-electron chi connectivity index (χ2n) is 5.14. The minimum Gasteiger partial charge on any atom is -0.385 e. The summed E-state index contributed by atoms with van der Waals surface area (Å²) in [6.07, 6.45) is 3.00. The Balaban J connectivity index is 1.85. The van der Waals surface area contributed by atoms with E-state index in [1.54, 1.807) is 7.11 Å². The third kappa shape index (κ3) is 3.81. The molecule has 1 aromatic heterocycles. The predicted octanol–water partition coefficient (Wildman–Crippen LogP) is 2.21. The largest absolute Gasteiger partial charge is 0.385 e. The molecule has 1 amide bonds. The van der Waals surface area contributed by atoms with E-state index >= 15 is 0 Å². The Kier molecular flexibility index (Phi) is 6.01. The Morgan fingerprint density at radius 1 is 1.60 bits per heavy atom. The number of ether oxygens (including phenoxy) is 1. The third-order valence-corrected chi connectivity index (χ3v) is 4.78. The van der Waals surface area contributed by atoms with Crippen LogP contribution in [0.25, 0.3) is 0 Å². The molecular formula is C15H24N2O2S. The molecule has 112 valence electrons. The van der Waals surface area contributed by atoms with Gasteiger partial charge in [-0.3, -0.25) is 9.69 Å². The van der Waals surface area contributed by atoms with Crippen LogP contribution in [0.15, 0.2) is 11.4 Å². The average Bonchev–Trinajstić information content (AvgIpc) is 2.92. The second kappa shape index (κ2) is 7.76. The Hall–Kier alpha value is -0.910. The summed E-state index contributed by atoms with van der Waals surface area (Å²) in [5.74, 6) is 0.123. The zero-order valence-electron chi connectivity index (χ0n) is 12.4. The first kappa shape index (κ1) is 15.5. The fourth-order valence-electron chi connectivity index (χ4n) is 2.80. The number of carbonyl (C=O) groups is 1. The number of thiophene rings is 1. The SMILES string of the molecule is CCC1c2ccsc2CCN1CC(=O)NCCCOC. The summed E-state index contributed by atoms with van der Waals surface area (Å²) in [6.45, 7) is 5.07. The molecule has 1 aliphatic heterocycles. The van der Waals surface area contributed by atoms with Crippen LogP contribution in [0.2, 0.25) is 0 Å². The van der Waals surface area contributed by atoms with Crippen molar-refractivity contribution in [2.75, 3.05) is 33.4 Å². The molecule has 0 spiro atoms. The van der Waals surface area contributed by atoms with Crippen molar-refractivity contribution in [3.8, 4) is 0 Å². The molecule has 1 aromatic rings. The molecule has 2 heterocycles. The van der Waals surface area contributed by atoms with E-state index in [9.17, 15) is 4.79 Å². The van der Waals surface area contributed by atoms with Crippen molar-refractivity contribution in [2.45, 2.75) is 32.2 Å². The van der Waals surface area contributed by atoms with E-state index in [-0.39, 0.29) is 5.91 Å². The minimum absolute atomic E-state index is 0.123. The van der Waals surface area contributed by atoms with Crippen molar-refractivity contribution in [2.24, 2.45) is 0 Å². The van der Waals surface area contributed by atoms with Gasteiger partial charge in [0.25, 0.3) is 0 Å². The van der Waals surface area contributed by atoms with Gasteiger partial charge in [-0.2, -0.15) is 0 Å². The van der Waals surface area contributed by atoms with Gasteiger partial charge in [0.2, 0.25) is 5.91 Å². The first-order valence-electron chi connectivity index (χ1n) is 7.32. The zero-order chi connectivity index (χ0) is 14.4. The highest BCUT2D eigenvalue weighted by Gasteiger charge is 2.27. The van der Waals surface area contributed by atoms with Crippen LogP contribution in [0.5, 0.6) is 0 Å². The number of carbonyl (C=O) groups excluding carboxylic acids is 1. The summed E-state index contributed by atoms with van der Waals surface area (Å²) in [5, 5.41) is 5.14. The fourth-order valence-corrected chi connectivity index (χ4v) is 3.73. The van der Waals surface area contributed by atoms with Crippen molar-refractivity contribution in [1.29, 1.82) is 0 Å². The highest BCUT2D eigenvalue weighted by molar-refractivity contribution is 7.10. The molecule has 2 rings (SSSR count). The van der Waals surface area contributed by atoms with Gasteiger partial charge in [0.15, 0.2) is 0 Å². The molecule has 0 radical (unpaired) electrons. The van der Waals surface area contributed by atoms with E-state index in [4.69, 9.17) is 4.74 Å². The number of nitrogens with one attached hydrogen (secondary N) is 1. The van der Waals surface area contributed by atoms with Crippen LogP contribution in [-0.4, -0.2) is 44.2 Å². The van der Waals surface area contributed by atoms with E-state index in [1.165, 1.54) is 10.4 Å². The average molecular weight is 296 g/mol. The van der Waals surface area contributed by atoms with Crippen LogP contribution in [-0.2, 0) is 16.0 Å². The third-order valence-electron chi connectivity index (χ3n) is 3.79. The summed E-state index contributed by atoms with van der Waals surface area (Å²) >= 11 is 1.84. The molecule has 1 atom stereocenters. The molecule has 0 saturated carbocycles. The highest BCUT2D eigenvalue weighted by Crippen LogP contribution is 2.34. The van der Waals surface area contributed by atoms with Crippen molar-refractivity contribution in [3.63, 3.8) is 0 Å². The Labute approximate surface area is 125 Å². The molecular weight excluding hydrogens is 272 g/mol. The number of methoxy groups -OCH3 is 1. The first-order chi connectivity index (χ1) is 9.76. The van der Waals surface area contributed by atoms with Gasteiger partial charge in [-0.05, 0) is 36.3 Å². The molecule has 0 aliphatic carbocycles. The summed E-state index contributed by atoms with van der Waals surface area (Å²) in [7, 11) is 1.68. The maximum absolute atomic E-state index is 12.0. The van der Waals surface area contributed by atoms with Crippen LogP contribution in [0.4, 0.5) is 0 Å². The maximum Gasteiger partial charge on any atom is 0.234 e. The molecule has 20 heavy (non-hydrogen) atoms. The predicted molar refractivity (Wildman–Crippen MR) is 82.1 cm³/mol. The molecule has 0 aromatic carbocycles. The van der Waals surface area contributed by atoms with Gasteiger partial charge in [-0.25, -0.2) is 0 Å². The lowest BCUT2D eigenvalue weighted by molar-refractivity contribution is -0.123. The summed E-state index contributed by atoms with van der Waals surface area (Å²) in [6, 6.07) is 2.62. The van der Waals surface area contributed by atoms with Gasteiger partial charge in [0.05, 0.1) is 6.54 Å². The first-order valence-corrected chi connectivity index (χ1v) is 8.20. The lowest BCUT2D eigenvalue weighted by Gasteiger charge is -2.34. The smallest absolute Gasteiger partial charge is 0.234 e. The number of hydrogen-bond acceptors (Lipinski definition) is 4. The summed E-state index contributed by atoms with van der Waals surface area (Å²) in [5.41, 5.74) is 1.43. The number of nitrogens with zero attached hydrogens (tertiary/aromatic N) is 1. The monoisotopic (exact) mass is 296 g/mol. The Morgan fingerprint density at radius 2 is 2.45 bits per heavy atom. The number of amides is 1. The van der Waals surface area contributed by atoms with Crippen LogP contribution in [0.3, 0.4) is 0 Å². The van der Waals surface area contributed by atoms with Gasteiger partial charge in [-0.15, -0.1) is 11.3 Å². The van der Waals surface area contributed by atoms with Crippen LogP contribution in [0.1, 0.15) is 36.2 Å². The lowest BCUT2D eigenvalue weighted by atomic mass is 9.98. The molecule has 1 unspecified atom stereocenters. The van der Waals surface area contributed by atoms with Gasteiger partial charge in [-0.1, -0.05) is 6.92 Å². The van der Waals surface area contributed by atoms with Crippen molar-refractivity contribution in [3.05, 3.63) is 21.9 Å². The van der Waals surface area contributed by atoms with E-state index in [2.05, 4.69) is 28.6 Å². The standard InChI is InChI=1S/C15H24N2O2S/c1-3-13-12-6-10-20-14(12)5-8-17(13)11-15(18)16-7-4-9-19-2/h6,10,13H,3-5,7-9,11H2,1-2H3,(H,16,18).